The molecule has 2 rings (SSSR count). The zero-order valence-electron chi connectivity index (χ0n) is 10.8. The van der Waals surface area contributed by atoms with E-state index in [9.17, 15) is 0 Å². The second-order valence-electron chi connectivity index (χ2n) is 4.30. The summed E-state index contributed by atoms with van der Waals surface area (Å²) in [6.45, 7) is 5.22. The van der Waals surface area contributed by atoms with Gasteiger partial charge in [-0.2, -0.15) is 10.2 Å². The molecule has 2 aromatic heterocycles. The summed E-state index contributed by atoms with van der Waals surface area (Å²) in [6.07, 6.45) is 8.36. The summed E-state index contributed by atoms with van der Waals surface area (Å²) in [5.41, 5.74) is 3.55. The van der Waals surface area contributed by atoms with Crippen LogP contribution in [0.1, 0.15) is 36.1 Å². The maximum atomic E-state index is 4.22. The number of aromatic nitrogens is 3. The van der Waals surface area contributed by atoms with Crippen LogP contribution in [0.3, 0.4) is 0 Å². The number of hydrogen-bond donors (Lipinski definition) is 1. The van der Waals surface area contributed by atoms with Gasteiger partial charge in [-0.05, 0) is 48.7 Å². The van der Waals surface area contributed by atoms with E-state index >= 15 is 0 Å². The van der Waals surface area contributed by atoms with Crippen LogP contribution >= 0.6 is 0 Å². The molecule has 0 saturated carbocycles. The molecule has 2 aromatic rings. The molecule has 1 N–H and O–H groups in total. The summed E-state index contributed by atoms with van der Waals surface area (Å²) in [4.78, 5) is 4.22. The van der Waals surface area contributed by atoms with Gasteiger partial charge in [0.2, 0.25) is 0 Å². The largest absolute Gasteiger partial charge is 0.306 e. The van der Waals surface area contributed by atoms with Gasteiger partial charge in [-0.3, -0.25) is 4.98 Å². The van der Waals surface area contributed by atoms with Crippen molar-refractivity contribution in [3.8, 4) is 0 Å². The minimum absolute atomic E-state index is 0.133. The minimum Gasteiger partial charge on any atom is -0.306 e. The normalized spacial score (nSPS) is 12.3. The molecule has 0 spiro atoms. The second-order valence-corrected chi connectivity index (χ2v) is 4.30. The first kappa shape index (κ1) is 12.6. The van der Waals surface area contributed by atoms with Crippen molar-refractivity contribution in [1.82, 2.24) is 20.5 Å². The molecular formula is C14H18N4. The molecule has 0 bridgehead atoms. The molecule has 18 heavy (non-hydrogen) atoms. The molecule has 1 atom stereocenters. The van der Waals surface area contributed by atoms with Crippen molar-refractivity contribution in [2.24, 2.45) is 0 Å². The highest BCUT2D eigenvalue weighted by Crippen LogP contribution is 2.23. The van der Waals surface area contributed by atoms with Gasteiger partial charge >= 0.3 is 0 Å². The van der Waals surface area contributed by atoms with Crippen molar-refractivity contribution >= 4 is 0 Å². The molecule has 0 amide bonds. The smallest absolute Gasteiger partial charge is 0.0611 e. The third kappa shape index (κ3) is 2.90. The highest BCUT2D eigenvalue weighted by atomic mass is 15.1. The van der Waals surface area contributed by atoms with Crippen molar-refractivity contribution in [2.75, 3.05) is 6.54 Å². The standard InChI is InChI=1S/C14H18N4/c1-3-6-16-14(12-5-8-17-18-9-12)13-10-15-7-4-11(13)2/h4-5,7-10,14,16H,3,6H2,1-2H3. The van der Waals surface area contributed by atoms with Gasteiger partial charge in [-0.15, -0.1) is 0 Å². The van der Waals surface area contributed by atoms with E-state index in [1.807, 2.05) is 24.5 Å². The maximum Gasteiger partial charge on any atom is 0.0611 e. The number of rotatable bonds is 5. The molecule has 4 heteroatoms. The Balaban J connectivity index is 2.34. The molecule has 0 aliphatic rings. The van der Waals surface area contributed by atoms with E-state index in [1.54, 1.807) is 12.4 Å². The Kier molecular flexibility index (Phi) is 4.36. The molecular weight excluding hydrogens is 224 g/mol. The predicted molar refractivity (Wildman–Crippen MR) is 71.1 cm³/mol. The van der Waals surface area contributed by atoms with Crippen LogP contribution in [0.5, 0.6) is 0 Å². The first-order valence-electron chi connectivity index (χ1n) is 6.23. The molecule has 4 nitrogen and oxygen atoms in total. The SMILES string of the molecule is CCCNC(c1ccnnc1)c1cnccc1C. The van der Waals surface area contributed by atoms with Gasteiger partial charge in [0.15, 0.2) is 0 Å². The number of pyridine rings is 1. The lowest BCUT2D eigenvalue weighted by molar-refractivity contribution is 0.591. The zero-order valence-corrected chi connectivity index (χ0v) is 10.8. The Hall–Kier alpha value is -1.81. The molecule has 0 aliphatic heterocycles. The van der Waals surface area contributed by atoms with Gasteiger partial charge < -0.3 is 5.32 Å². The van der Waals surface area contributed by atoms with Gasteiger partial charge in [0.05, 0.1) is 12.2 Å². The second kappa shape index (κ2) is 6.21. The Labute approximate surface area is 107 Å². The monoisotopic (exact) mass is 242 g/mol. The Morgan fingerprint density at radius 2 is 2.06 bits per heavy atom. The van der Waals surface area contributed by atoms with Crippen LogP contribution < -0.4 is 5.32 Å². The van der Waals surface area contributed by atoms with Gasteiger partial charge in [0.25, 0.3) is 0 Å². The fourth-order valence-corrected chi connectivity index (χ4v) is 1.95. The fourth-order valence-electron chi connectivity index (χ4n) is 1.95. The van der Waals surface area contributed by atoms with Crippen molar-refractivity contribution in [1.29, 1.82) is 0 Å². The minimum atomic E-state index is 0.133. The quantitative estimate of drug-likeness (QED) is 0.873. The van der Waals surface area contributed by atoms with Crippen LogP contribution in [0.2, 0.25) is 0 Å². The van der Waals surface area contributed by atoms with Gasteiger partial charge in [0, 0.05) is 18.6 Å². The van der Waals surface area contributed by atoms with E-state index in [1.165, 1.54) is 11.1 Å². The summed E-state index contributed by atoms with van der Waals surface area (Å²) >= 11 is 0. The average Bonchev–Trinajstić information content (AvgIpc) is 2.42. The number of hydrogen-bond acceptors (Lipinski definition) is 4. The van der Waals surface area contributed by atoms with Gasteiger partial charge in [-0.1, -0.05) is 6.92 Å². The van der Waals surface area contributed by atoms with E-state index in [-0.39, 0.29) is 6.04 Å². The fraction of sp³-hybridized carbons (Fsp3) is 0.357. The topological polar surface area (TPSA) is 50.7 Å². The molecule has 1 unspecified atom stereocenters. The van der Waals surface area contributed by atoms with Gasteiger partial charge in [-0.25, -0.2) is 0 Å². The van der Waals surface area contributed by atoms with Crippen molar-refractivity contribution in [3.05, 3.63) is 53.6 Å². The highest BCUT2D eigenvalue weighted by Gasteiger charge is 2.15. The van der Waals surface area contributed by atoms with Crippen LogP contribution in [0.15, 0.2) is 36.9 Å². The molecule has 0 saturated heterocycles. The van der Waals surface area contributed by atoms with Crippen LogP contribution in [0.4, 0.5) is 0 Å². The molecule has 0 aliphatic carbocycles. The Morgan fingerprint density at radius 3 is 2.72 bits per heavy atom. The van der Waals surface area contributed by atoms with E-state index < -0.39 is 0 Å². The summed E-state index contributed by atoms with van der Waals surface area (Å²) in [6, 6.07) is 4.16. The van der Waals surface area contributed by atoms with Crippen molar-refractivity contribution in [3.63, 3.8) is 0 Å². The van der Waals surface area contributed by atoms with Crippen LogP contribution in [-0.2, 0) is 0 Å². The summed E-state index contributed by atoms with van der Waals surface area (Å²) < 4.78 is 0. The van der Waals surface area contributed by atoms with Crippen molar-refractivity contribution in [2.45, 2.75) is 26.3 Å². The first-order chi connectivity index (χ1) is 8.83. The third-order valence-electron chi connectivity index (χ3n) is 2.93. The Bertz CT molecular complexity index is 484. The van der Waals surface area contributed by atoms with E-state index in [4.69, 9.17) is 0 Å². The van der Waals surface area contributed by atoms with Crippen LogP contribution in [-0.4, -0.2) is 21.7 Å². The Morgan fingerprint density at radius 1 is 1.17 bits per heavy atom. The predicted octanol–water partition coefficient (Wildman–Crippen LogP) is 2.27. The lowest BCUT2D eigenvalue weighted by Crippen LogP contribution is -2.24. The molecule has 0 radical (unpaired) electrons. The van der Waals surface area contributed by atoms with Crippen molar-refractivity contribution < 1.29 is 0 Å². The molecule has 94 valence electrons. The average molecular weight is 242 g/mol. The van der Waals surface area contributed by atoms with E-state index in [2.05, 4.69) is 34.3 Å². The first-order valence-corrected chi connectivity index (χ1v) is 6.23. The van der Waals surface area contributed by atoms with Gasteiger partial charge in [0.1, 0.15) is 0 Å². The summed E-state index contributed by atoms with van der Waals surface area (Å²) in [5.74, 6) is 0. The summed E-state index contributed by atoms with van der Waals surface area (Å²) in [5, 5.41) is 11.3. The number of nitrogens with one attached hydrogen (secondary N) is 1. The van der Waals surface area contributed by atoms with Crippen LogP contribution in [0, 0.1) is 6.92 Å². The maximum absolute atomic E-state index is 4.22. The van der Waals surface area contributed by atoms with Crippen LogP contribution in [0.25, 0.3) is 0 Å². The lowest BCUT2D eigenvalue weighted by Gasteiger charge is -2.20. The number of aryl methyl sites for hydroxylation is 1. The molecule has 2 heterocycles. The zero-order chi connectivity index (χ0) is 12.8. The molecule has 0 fully saturated rings. The third-order valence-corrected chi connectivity index (χ3v) is 2.93. The lowest BCUT2D eigenvalue weighted by atomic mass is 9.98. The van der Waals surface area contributed by atoms with E-state index in [0.717, 1.165) is 18.5 Å². The van der Waals surface area contributed by atoms with E-state index in [0.29, 0.717) is 0 Å². The highest BCUT2D eigenvalue weighted by molar-refractivity contribution is 5.33. The molecule has 0 aromatic carbocycles. The summed E-state index contributed by atoms with van der Waals surface area (Å²) in [7, 11) is 0. The number of nitrogens with zero attached hydrogens (tertiary/aromatic N) is 3.